The van der Waals surface area contributed by atoms with Crippen LogP contribution in [0, 0.1) is 0 Å². The van der Waals surface area contributed by atoms with E-state index in [-0.39, 0.29) is 5.54 Å². The fourth-order valence-electron chi connectivity index (χ4n) is 2.60. The van der Waals surface area contributed by atoms with E-state index in [1.54, 1.807) is 0 Å². The fraction of sp³-hybridized carbons (Fsp3) is 0.500. The van der Waals surface area contributed by atoms with Gasteiger partial charge < -0.3 is 14.8 Å². The highest BCUT2D eigenvalue weighted by Gasteiger charge is 2.41. The molecule has 0 aliphatic carbocycles. The van der Waals surface area contributed by atoms with Crippen LogP contribution in [0.3, 0.4) is 0 Å². The van der Waals surface area contributed by atoms with Crippen LogP contribution in [0.2, 0.25) is 0 Å². The van der Waals surface area contributed by atoms with Crippen molar-refractivity contribution in [2.45, 2.75) is 38.0 Å². The zero-order valence-electron chi connectivity index (χ0n) is 13.5. The standard InChI is InChI=1S/C16H23N3OS2/c1-5-16(6-2)14(21)17-15(18-16)22(20)11-12-9-7-8-10-13(12)19(3)4/h7-10H,5-6,11H2,1-4H3,(H,17,18,21). The number of anilines is 1. The Balaban J connectivity index is 2.16. The Morgan fingerprint density at radius 1 is 1.27 bits per heavy atom. The molecule has 0 amide bonds. The number of aliphatic imine (C=N–C) groups is 1. The summed E-state index contributed by atoms with van der Waals surface area (Å²) in [5.41, 5.74) is 1.82. The van der Waals surface area contributed by atoms with Crippen LogP contribution < -0.4 is 10.2 Å². The van der Waals surface area contributed by atoms with Crippen molar-refractivity contribution in [3.63, 3.8) is 0 Å². The number of rotatable bonds is 5. The molecule has 1 N–H and O–H groups in total. The second-order valence-electron chi connectivity index (χ2n) is 5.65. The zero-order chi connectivity index (χ0) is 16.3. The van der Waals surface area contributed by atoms with E-state index in [0.717, 1.165) is 24.1 Å². The van der Waals surface area contributed by atoms with Gasteiger partial charge in [0.1, 0.15) is 10.7 Å². The van der Waals surface area contributed by atoms with Crippen LogP contribution in [0.15, 0.2) is 29.3 Å². The molecule has 1 aliphatic heterocycles. The van der Waals surface area contributed by atoms with Gasteiger partial charge in [0, 0.05) is 36.5 Å². The summed E-state index contributed by atoms with van der Waals surface area (Å²) in [5, 5.41) is 3.83. The second-order valence-corrected chi connectivity index (χ2v) is 7.40. The van der Waals surface area contributed by atoms with Gasteiger partial charge in [-0.05, 0) is 18.9 Å². The first-order valence-electron chi connectivity index (χ1n) is 7.48. The molecule has 0 saturated heterocycles. The molecular weight excluding hydrogens is 314 g/mol. The Kier molecular flexibility index (Phi) is 5.47. The van der Waals surface area contributed by atoms with E-state index in [4.69, 9.17) is 12.2 Å². The maximum absolute atomic E-state index is 12.7. The number of hydrogen-bond donors (Lipinski definition) is 1. The predicted octanol–water partition coefficient (Wildman–Crippen LogP) is 2.85. The molecule has 0 radical (unpaired) electrons. The summed E-state index contributed by atoms with van der Waals surface area (Å²) in [7, 11) is 3.98. The molecule has 4 nitrogen and oxygen atoms in total. The van der Waals surface area contributed by atoms with E-state index in [9.17, 15) is 4.55 Å². The lowest BCUT2D eigenvalue weighted by molar-refractivity contribution is 0.490. The van der Waals surface area contributed by atoms with Crippen molar-refractivity contribution in [2.24, 2.45) is 4.99 Å². The molecular formula is C16H23N3OS2. The van der Waals surface area contributed by atoms with Gasteiger partial charge in [-0.15, -0.1) is 0 Å². The quantitative estimate of drug-likeness (QED) is 0.663. The van der Waals surface area contributed by atoms with Gasteiger partial charge in [0.2, 0.25) is 0 Å². The van der Waals surface area contributed by atoms with Gasteiger partial charge in [-0.3, -0.25) is 0 Å². The Labute approximate surface area is 141 Å². The molecule has 0 spiro atoms. The summed E-state index contributed by atoms with van der Waals surface area (Å²) in [6, 6.07) is 8.00. The molecule has 1 aliphatic rings. The van der Waals surface area contributed by atoms with Gasteiger partial charge >= 0.3 is 5.17 Å². The van der Waals surface area contributed by atoms with Crippen molar-refractivity contribution in [2.75, 3.05) is 19.0 Å². The molecule has 120 valence electrons. The molecule has 2 rings (SSSR count). The van der Waals surface area contributed by atoms with E-state index in [2.05, 4.69) is 24.2 Å². The highest BCUT2D eigenvalue weighted by molar-refractivity contribution is 8.05. The molecule has 1 heterocycles. The van der Waals surface area contributed by atoms with E-state index >= 15 is 0 Å². The van der Waals surface area contributed by atoms with Crippen LogP contribution in [0.1, 0.15) is 32.3 Å². The molecule has 0 fully saturated rings. The lowest BCUT2D eigenvalue weighted by atomic mass is 9.94. The number of nitrogens with zero attached hydrogens (tertiary/aromatic N) is 2. The largest absolute Gasteiger partial charge is 0.609 e. The SMILES string of the molecule is CCC1(CC)NC([S+]([O-])Cc2ccccc2N(C)C)=NC1=S. The third-order valence-electron chi connectivity index (χ3n) is 4.14. The number of benzene rings is 1. The first kappa shape index (κ1) is 17.2. The zero-order valence-corrected chi connectivity index (χ0v) is 15.2. The topological polar surface area (TPSA) is 50.7 Å². The molecule has 6 heteroatoms. The van der Waals surface area contributed by atoms with Crippen molar-refractivity contribution in [3.05, 3.63) is 29.8 Å². The Bertz CT molecular complexity index is 583. The summed E-state index contributed by atoms with van der Waals surface area (Å²) < 4.78 is 12.7. The molecule has 1 aromatic carbocycles. The first-order valence-corrected chi connectivity index (χ1v) is 9.21. The van der Waals surface area contributed by atoms with Crippen molar-refractivity contribution in [1.82, 2.24) is 5.32 Å². The van der Waals surface area contributed by atoms with E-state index < -0.39 is 11.2 Å². The normalized spacial score (nSPS) is 17.9. The summed E-state index contributed by atoms with van der Waals surface area (Å²) in [4.78, 5) is 7.04. The van der Waals surface area contributed by atoms with Crippen LogP contribution >= 0.6 is 12.2 Å². The summed E-state index contributed by atoms with van der Waals surface area (Å²) in [5.74, 6) is 0.437. The van der Waals surface area contributed by atoms with Gasteiger partial charge in [0.15, 0.2) is 0 Å². The van der Waals surface area contributed by atoms with E-state index in [0.29, 0.717) is 15.9 Å². The second kappa shape index (κ2) is 6.98. The molecule has 0 saturated carbocycles. The van der Waals surface area contributed by atoms with Gasteiger partial charge in [0.05, 0.1) is 5.54 Å². The number of para-hydroxylation sites is 1. The van der Waals surface area contributed by atoms with Crippen LogP contribution in [0.25, 0.3) is 0 Å². The van der Waals surface area contributed by atoms with Crippen molar-refractivity contribution in [3.8, 4) is 0 Å². The molecule has 0 bridgehead atoms. The Morgan fingerprint density at radius 3 is 2.45 bits per heavy atom. The number of nitrogens with one attached hydrogen (secondary N) is 1. The monoisotopic (exact) mass is 337 g/mol. The summed E-state index contributed by atoms with van der Waals surface area (Å²) in [6.45, 7) is 4.15. The molecule has 0 aromatic heterocycles. The van der Waals surface area contributed by atoms with E-state index in [1.165, 1.54) is 0 Å². The van der Waals surface area contributed by atoms with Crippen molar-refractivity contribution in [1.29, 1.82) is 0 Å². The first-order chi connectivity index (χ1) is 10.4. The smallest absolute Gasteiger partial charge is 0.318 e. The predicted molar refractivity (Wildman–Crippen MR) is 99.1 cm³/mol. The highest BCUT2D eigenvalue weighted by atomic mass is 32.2. The lowest BCUT2D eigenvalue weighted by Gasteiger charge is -2.26. The maximum atomic E-state index is 12.7. The molecule has 1 aromatic rings. The third kappa shape index (κ3) is 3.29. The van der Waals surface area contributed by atoms with Gasteiger partial charge in [-0.25, -0.2) is 0 Å². The van der Waals surface area contributed by atoms with Crippen LogP contribution in [0.5, 0.6) is 0 Å². The number of amidine groups is 1. The molecule has 1 atom stereocenters. The number of hydrogen-bond acceptors (Lipinski definition) is 4. The van der Waals surface area contributed by atoms with Crippen molar-refractivity contribution < 1.29 is 4.55 Å². The summed E-state index contributed by atoms with van der Waals surface area (Å²) in [6.07, 6.45) is 1.70. The summed E-state index contributed by atoms with van der Waals surface area (Å²) >= 11 is 4.17. The van der Waals surface area contributed by atoms with Crippen LogP contribution in [0.4, 0.5) is 5.69 Å². The fourth-order valence-corrected chi connectivity index (χ4v) is 4.26. The van der Waals surface area contributed by atoms with Gasteiger partial charge in [0.25, 0.3) is 0 Å². The minimum atomic E-state index is -1.22. The van der Waals surface area contributed by atoms with Crippen LogP contribution in [-0.2, 0) is 16.9 Å². The maximum Gasteiger partial charge on any atom is 0.318 e. The molecule has 1 unspecified atom stereocenters. The molecule has 22 heavy (non-hydrogen) atoms. The number of thiocarbonyl (C=S) groups is 1. The van der Waals surface area contributed by atoms with Crippen molar-refractivity contribution >= 4 is 39.2 Å². The van der Waals surface area contributed by atoms with Gasteiger partial charge in [-0.1, -0.05) is 44.3 Å². The highest BCUT2D eigenvalue weighted by Crippen LogP contribution is 2.27. The van der Waals surface area contributed by atoms with E-state index in [1.807, 2.05) is 43.3 Å². The average molecular weight is 338 g/mol. The van der Waals surface area contributed by atoms with Crippen LogP contribution in [-0.4, -0.2) is 34.3 Å². The van der Waals surface area contributed by atoms with Gasteiger partial charge in [-0.2, -0.15) is 4.99 Å². The minimum Gasteiger partial charge on any atom is -0.609 e. The third-order valence-corrected chi connectivity index (χ3v) is 5.82. The Hall–Kier alpha value is -1.11. The Morgan fingerprint density at radius 2 is 1.91 bits per heavy atom. The lowest BCUT2D eigenvalue weighted by Crippen LogP contribution is -2.48. The minimum absolute atomic E-state index is 0.304. The average Bonchev–Trinajstić information content (AvgIpc) is 2.85.